The predicted molar refractivity (Wildman–Crippen MR) is 50.1 cm³/mol. The van der Waals surface area contributed by atoms with Crippen LogP contribution in [0.2, 0.25) is 0 Å². The van der Waals surface area contributed by atoms with Crippen LogP contribution in [0.15, 0.2) is 0 Å². The fourth-order valence-corrected chi connectivity index (χ4v) is 2.19. The summed E-state index contributed by atoms with van der Waals surface area (Å²) in [5.41, 5.74) is 0. The molecular weight excluding hydrogens is 156 g/mol. The Balaban J connectivity index is 1.40. The monoisotopic (exact) mass is 172 g/mol. The fourth-order valence-electron chi connectivity index (χ4n) is 1.16. The largest absolute Gasteiger partial charge is 0.314 e. The van der Waals surface area contributed by atoms with Gasteiger partial charge in [-0.25, -0.2) is 0 Å². The van der Waals surface area contributed by atoms with Gasteiger partial charge in [0.25, 0.3) is 0 Å². The van der Waals surface area contributed by atoms with Gasteiger partial charge in [0.05, 0.1) is 0 Å². The lowest BCUT2D eigenvalue weighted by Gasteiger charge is -2.28. The Kier molecular flexibility index (Phi) is 2.72. The number of thioether (sulfide) groups is 1. The van der Waals surface area contributed by atoms with Crippen molar-refractivity contribution in [3.8, 4) is 0 Å². The molecule has 0 spiro atoms. The molecule has 2 rings (SSSR count). The maximum absolute atomic E-state index is 3.52. The first kappa shape index (κ1) is 7.90. The van der Waals surface area contributed by atoms with Gasteiger partial charge < -0.3 is 10.6 Å². The fraction of sp³-hybridized carbons (Fsp3) is 1.00. The number of hydrogen-bond donors (Lipinski definition) is 2. The average molecular weight is 172 g/mol. The van der Waals surface area contributed by atoms with Crippen LogP contribution in [0.4, 0.5) is 0 Å². The Labute approximate surface area is 72.5 Å². The summed E-state index contributed by atoms with van der Waals surface area (Å²) in [6, 6.07) is 0.773. The van der Waals surface area contributed by atoms with Crippen LogP contribution < -0.4 is 10.6 Å². The van der Waals surface area contributed by atoms with Crippen molar-refractivity contribution in [2.24, 2.45) is 0 Å². The van der Waals surface area contributed by atoms with E-state index in [1.165, 1.54) is 38.2 Å². The van der Waals surface area contributed by atoms with Crippen molar-refractivity contribution < 1.29 is 0 Å². The van der Waals surface area contributed by atoms with Gasteiger partial charge in [-0.2, -0.15) is 11.8 Å². The van der Waals surface area contributed by atoms with E-state index in [1.807, 2.05) is 0 Å². The Morgan fingerprint density at radius 3 is 2.73 bits per heavy atom. The SMILES string of the molecule is C(CSC1CC1)NC1CNC1. The third-order valence-corrected chi connectivity index (χ3v) is 3.58. The molecule has 1 aliphatic carbocycles. The Hall–Kier alpha value is 0.270. The predicted octanol–water partition coefficient (Wildman–Crippen LogP) is 0.443. The van der Waals surface area contributed by atoms with Gasteiger partial charge in [0.15, 0.2) is 0 Å². The highest BCUT2D eigenvalue weighted by Crippen LogP contribution is 2.33. The number of rotatable bonds is 5. The summed E-state index contributed by atoms with van der Waals surface area (Å²) in [5.74, 6) is 1.31. The van der Waals surface area contributed by atoms with E-state index >= 15 is 0 Å². The summed E-state index contributed by atoms with van der Waals surface area (Å²) in [6.07, 6.45) is 2.94. The molecule has 0 aromatic heterocycles. The van der Waals surface area contributed by atoms with Crippen LogP contribution in [0.3, 0.4) is 0 Å². The maximum atomic E-state index is 3.52. The van der Waals surface area contributed by atoms with Gasteiger partial charge >= 0.3 is 0 Å². The van der Waals surface area contributed by atoms with E-state index in [4.69, 9.17) is 0 Å². The molecule has 0 amide bonds. The van der Waals surface area contributed by atoms with Crippen molar-refractivity contribution in [2.45, 2.75) is 24.1 Å². The summed E-state index contributed by atoms with van der Waals surface area (Å²) in [5, 5.41) is 7.80. The molecule has 64 valence electrons. The molecular formula is C8H16N2S. The molecule has 2 fully saturated rings. The van der Waals surface area contributed by atoms with Crippen molar-refractivity contribution in [1.29, 1.82) is 0 Å². The van der Waals surface area contributed by atoms with Gasteiger partial charge in [0, 0.05) is 36.7 Å². The van der Waals surface area contributed by atoms with E-state index in [1.54, 1.807) is 0 Å². The van der Waals surface area contributed by atoms with E-state index in [9.17, 15) is 0 Å². The Morgan fingerprint density at radius 1 is 1.36 bits per heavy atom. The van der Waals surface area contributed by atoms with E-state index in [2.05, 4.69) is 22.4 Å². The zero-order valence-corrected chi connectivity index (χ0v) is 7.62. The van der Waals surface area contributed by atoms with E-state index < -0.39 is 0 Å². The quantitative estimate of drug-likeness (QED) is 0.589. The molecule has 1 heterocycles. The van der Waals surface area contributed by atoms with Crippen molar-refractivity contribution >= 4 is 11.8 Å². The lowest BCUT2D eigenvalue weighted by atomic mass is 10.2. The Morgan fingerprint density at radius 2 is 2.18 bits per heavy atom. The van der Waals surface area contributed by atoms with Gasteiger partial charge in [-0.1, -0.05) is 0 Å². The highest BCUT2D eigenvalue weighted by molar-refractivity contribution is 8.00. The van der Waals surface area contributed by atoms with E-state index in [0.29, 0.717) is 0 Å². The molecule has 0 aromatic carbocycles. The van der Waals surface area contributed by atoms with E-state index in [0.717, 1.165) is 11.3 Å². The first-order valence-corrected chi connectivity index (χ1v) is 5.56. The van der Waals surface area contributed by atoms with Crippen LogP contribution in [-0.2, 0) is 0 Å². The lowest BCUT2D eigenvalue weighted by molar-refractivity contribution is 0.375. The number of hydrogen-bond acceptors (Lipinski definition) is 3. The summed E-state index contributed by atoms with van der Waals surface area (Å²) in [6.45, 7) is 3.55. The second-order valence-corrected chi connectivity index (χ2v) is 4.79. The third-order valence-electron chi connectivity index (χ3n) is 2.19. The second-order valence-electron chi connectivity index (χ2n) is 3.38. The van der Waals surface area contributed by atoms with Gasteiger partial charge in [0.2, 0.25) is 0 Å². The third kappa shape index (κ3) is 2.65. The zero-order chi connectivity index (χ0) is 7.52. The van der Waals surface area contributed by atoms with Gasteiger partial charge in [-0.05, 0) is 12.8 Å². The summed E-state index contributed by atoms with van der Waals surface area (Å²) in [4.78, 5) is 0. The standard InChI is InChI=1S/C8H16N2S/c1-2-8(1)11-4-3-10-7-5-9-6-7/h7-10H,1-6H2. The molecule has 0 bridgehead atoms. The van der Waals surface area contributed by atoms with Crippen LogP contribution in [0.1, 0.15) is 12.8 Å². The summed E-state index contributed by atoms with van der Waals surface area (Å²) >= 11 is 2.14. The smallest absolute Gasteiger partial charge is 0.0317 e. The topological polar surface area (TPSA) is 24.1 Å². The van der Waals surface area contributed by atoms with Crippen LogP contribution in [0, 0.1) is 0 Å². The molecule has 0 atom stereocenters. The van der Waals surface area contributed by atoms with Crippen LogP contribution >= 0.6 is 11.8 Å². The molecule has 1 aliphatic heterocycles. The molecule has 11 heavy (non-hydrogen) atoms. The van der Waals surface area contributed by atoms with Crippen LogP contribution in [0.25, 0.3) is 0 Å². The summed E-state index contributed by atoms with van der Waals surface area (Å²) in [7, 11) is 0. The first-order valence-electron chi connectivity index (χ1n) is 4.51. The Bertz CT molecular complexity index is 121. The van der Waals surface area contributed by atoms with Crippen molar-refractivity contribution in [1.82, 2.24) is 10.6 Å². The molecule has 1 saturated heterocycles. The second kappa shape index (κ2) is 3.78. The van der Waals surface area contributed by atoms with Gasteiger partial charge in [0.1, 0.15) is 0 Å². The van der Waals surface area contributed by atoms with Crippen molar-refractivity contribution in [3.63, 3.8) is 0 Å². The molecule has 0 aromatic rings. The van der Waals surface area contributed by atoms with E-state index in [-0.39, 0.29) is 0 Å². The minimum Gasteiger partial charge on any atom is -0.314 e. The first-order chi connectivity index (χ1) is 5.45. The zero-order valence-electron chi connectivity index (χ0n) is 6.81. The normalized spacial score (nSPS) is 25.1. The molecule has 2 N–H and O–H groups in total. The summed E-state index contributed by atoms with van der Waals surface area (Å²) < 4.78 is 0. The molecule has 2 aliphatic rings. The minimum atomic E-state index is 0.773. The molecule has 0 unspecified atom stereocenters. The van der Waals surface area contributed by atoms with Gasteiger partial charge in [-0.3, -0.25) is 0 Å². The molecule has 3 heteroatoms. The maximum Gasteiger partial charge on any atom is 0.0317 e. The van der Waals surface area contributed by atoms with Crippen molar-refractivity contribution in [2.75, 3.05) is 25.4 Å². The van der Waals surface area contributed by atoms with Crippen molar-refractivity contribution in [3.05, 3.63) is 0 Å². The van der Waals surface area contributed by atoms with Gasteiger partial charge in [-0.15, -0.1) is 0 Å². The highest BCUT2D eigenvalue weighted by atomic mass is 32.2. The molecule has 0 radical (unpaired) electrons. The van der Waals surface area contributed by atoms with Crippen LogP contribution in [0.5, 0.6) is 0 Å². The average Bonchev–Trinajstić information content (AvgIpc) is 2.66. The molecule has 1 saturated carbocycles. The lowest BCUT2D eigenvalue weighted by Crippen LogP contribution is -2.55. The number of nitrogens with one attached hydrogen (secondary N) is 2. The molecule has 2 nitrogen and oxygen atoms in total. The highest BCUT2D eigenvalue weighted by Gasteiger charge is 2.21. The van der Waals surface area contributed by atoms with Crippen LogP contribution in [-0.4, -0.2) is 36.7 Å². The minimum absolute atomic E-state index is 0.773.